The van der Waals surface area contributed by atoms with Gasteiger partial charge in [0.15, 0.2) is 11.5 Å². The van der Waals surface area contributed by atoms with Crippen LogP contribution in [-0.2, 0) is 9.59 Å². The summed E-state index contributed by atoms with van der Waals surface area (Å²) in [6.45, 7) is 2.56. The summed E-state index contributed by atoms with van der Waals surface area (Å²) in [6, 6.07) is 5.45. The second-order valence-electron chi connectivity index (χ2n) is 7.49. The fraction of sp³-hybridized carbons (Fsp3) is 0.600. The Hall–Kier alpha value is -2.28. The number of likely N-dealkylation sites (N-methyl/N-ethyl adjacent to an activating group) is 1. The molecule has 2 amide bonds. The van der Waals surface area contributed by atoms with Gasteiger partial charge in [-0.25, -0.2) is 0 Å². The number of hydrogen-bond acceptors (Lipinski definition) is 5. The molecule has 0 aromatic heterocycles. The van der Waals surface area contributed by atoms with E-state index in [2.05, 4.69) is 10.6 Å². The Labute approximate surface area is 160 Å². The first-order valence-electron chi connectivity index (χ1n) is 9.66. The number of benzene rings is 1. The molecule has 1 aromatic carbocycles. The third-order valence-corrected chi connectivity index (χ3v) is 5.14. The van der Waals surface area contributed by atoms with E-state index >= 15 is 0 Å². The van der Waals surface area contributed by atoms with Crippen molar-refractivity contribution >= 4 is 17.5 Å². The van der Waals surface area contributed by atoms with Crippen molar-refractivity contribution in [1.29, 1.82) is 0 Å². The van der Waals surface area contributed by atoms with Gasteiger partial charge in [0.1, 0.15) is 13.2 Å². The topological polar surface area (TPSA) is 79.9 Å². The molecule has 2 N–H and O–H groups in total. The number of rotatable bonds is 6. The SMILES string of the molecule is CN(C)CCNC(=O)C1CCC(C(=O)Nc2ccc3c(c2)OCCO3)CC1. The molecule has 1 aliphatic heterocycles. The van der Waals surface area contributed by atoms with Crippen LogP contribution in [0.5, 0.6) is 11.5 Å². The smallest absolute Gasteiger partial charge is 0.227 e. The molecule has 7 heteroatoms. The molecule has 3 rings (SSSR count). The first-order valence-corrected chi connectivity index (χ1v) is 9.66. The minimum Gasteiger partial charge on any atom is -0.486 e. The van der Waals surface area contributed by atoms with Gasteiger partial charge >= 0.3 is 0 Å². The molecule has 27 heavy (non-hydrogen) atoms. The van der Waals surface area contributed by atoms with Crippen molar-refractivity contribution in [3.05, 3.63) is 18.2 Å². The third-order valence-electron chi connectivity index (χ3n) is 5.14. The van der Waals surface area contributed by atoms with Crippen molar-refractivity contribution in [2.45, 2.75) is 25.7 Å². The summed E-state index contributed by atoms with van der Waals surface area (Å²) in [7, 11) is 3.97. The van der Waals surface area contributed by atoms with Crippen LogP contribution in [0, 0.1) is 11.8 Å². The maximum atomic E-state index is 12.6. The fourth-order valence-corrected chi connectivity index (χ4v) is 3.53. The van der Waals surface area contributed by atoms with E-state index in [1.165, 1.54) is 0 Å². The van der Waals surface area contributed by atoms with Crippen molar-refractivity contribution in [2.24, 2.45) is 11.8 Å². The van der Waals surface area contributed by atoms with Gasteiger partial charge in [-0.3, -0.25) is 9.59 Å². The lowest BCUT2D eigenvalue weighted by Gasteiger charge is -2.27. The molecule has 148 valence electrons. The minimum atomic E-state index is -0.0518. The Kier molecular flexibility index (Phi) is 6.55. The third kappa shape index (κ3) is 5.35. The van der Waals surface area contributed by atoms with E-state index in [4.69, 9.17) is 9.47 Å². The molecular formula is C20H29N3O4. The van der Waals surface area contributed by atoms with Crippen molar-refractivity contribution in [3.8, 4) is 11.5 Å². The zero-order valence-corrected chi connectivity index (χ0v) is 16.1. The van der Waals surface area contributed by atoms with Gasteiger partial charge in [-0.15, -0.1) is 0 Å². The van der Waals surface area contributed by atoms with Crippen molar-refractivity contribution < 1.29 is 19.1 Å². The Morgan fingerprint density at radius 2 is 1.63 bits per heavy atom. The lowest BCUT2D eigenvalue weighted by atomic mass is 9.81. The van der Waals surface area contributed by atoms with Crippen LogP contribution in [0.25, 0.3) is 0 Å². The van der Waals surface area contributed by atoms with E-state index in [1.807, 2.05) is 31.1 Å². The maximum Gasteiger partial charge on any atom is 0.227 e. The first-order chi connectivity index (χ1) is 13.0. The van der Waals surface area contributed by atoms with Gasteiger partial charge in [-0.1, -0.05) is 0 Å². The van der Waals surface area contributed by atoms with Crippen LogP contribution in [0.1, 0.15) is 25.7 Å². The van der Waals surface area contributed by atoms with Crippen LogP contribution >= 0.6 is 0 Å². The van der Waals surface area contributed by atoms with E-state index in [0.717, 1.165) is 32.2 Å². The maximum absolute atomic E-state index is 12.6. The first kappa shape index (κ1) is 19.5. The molecule has 1 saturated carbocycles. The molecule has 0 spiro atoms. The van der Waals surface area contributed by atoms with Crippen LogP contribution in [0.4, 0.5) is 5.69 Å². The predicted molar refractivity (Wildman–Crippen MR) is 103 cm³/mol. The second kappa shape index (κ2) is 9.08. The van der Waals surface area contributed by atoms with Gasteiger partial charge in [-0.05, 0) is 51.9 Å². The summed E-state index contributed by atoms with van der Waals surface area (Å²) < 4.78 is 11.1. The molecule has 1 aliphatic carbocycles. The monoisotopic (exact) mass is 375 g/mol. The zero-order valence-electron chi connectivity index (χ0n) is 16.1. The molecule has 0 bridgehead atoms. The van der Waals surface area contributed by atoms with Crippen LogP contribution < -0.4 is 20.1 Å². The van der Waals surface area contributed by atoms with Crippen molar-refractivity contribution in [1.82, 2.24) is 10.2 Å². The quantitative estimate of drug-likeness (QED) is 0.794. The van der Waals surface area contributed by atoms with E-state index in [9.17, 15) is 9.59 Å². The second-order valence-corrected chi connectivity index (χ2v) is 7.49. The number of hydrogen-bond donors (Lipinski definition) is 2. The molecule has 0 saturated heterocycles. The standard InChI is InChI=1S/C20H29N3O4/c1-23(2)10-9-21-19(24)14-3-5-15(6-4-14)20(25)22-16-7-8-17-18(13-16)27-12-11-26-17/h7-8,13-15H,3-6,9-12H2,1-2H3,(H,21,24)(H,22,25). The van der Waals surface area contributed by atoms with E-state index in [1.54, 1.807) is 6.07 Å². The molecule has 0 unspecified atom stereocenters. The highest BCUT2D eigenvalue weighted by Gasteiger charge is 2.30. The Morgan fingerprint density at radius 3 is 2.30 bits per heavy atom. The van der Waals surface area contributed by atoms with Gasteiger partial charge in [0.05, 0.1) is 0 Å². The minimum absolute atomic E-state index is 0.0122. The molecule has 7 nitrogen and oxygen atoms in total. The molecule has 0 radical (unpaired) electrons. The largest absolute Gasteiger partial charge is 0.486 e. The van der Waals surface area contributed by atoms with Gasteiger partial charge < -0.3 is 25.0 Å². The van der Waals surface area contributed by atoms with Crippen molar-refractivity contribution in [2.75, 3.05) is 45.7 Å². The van der Waals surface area contributed by atoms with E-state index in [-0.39, 0.29) is 23.7 Å². The number of fused-ring (bicyclic) bond motifs is 1. The van der Waals surface area contributed by atoms with Gasteiger partial charge in [-0.2, -0.15) is 0 Å². The average molecular weight is 375 g/mol. The number of anilines is 1. The van der Waals surface area contributed by atoms with Gasteiger partial charge in [0, 0.05) is 36.7 Å². The number of amides is 2. The van der Waals surface area contributed by atoms with Crippen molar-refractivity contribution in [3.63, 3.8) is 0 Å². The van der Waals surface area contributed by atoms with Crippen LogP contribution in [-0.4, -0.2) is 57.1 Å². The van der Waals surface area contributed by atoms with Gasteiger partial charge in [0.25, 0.3) is 0 Å². The molecule has 1 heterocycles. The van der Waals surface area contributed by atoms with Crippen LogP contribution in [0.2, 0.25) is 0 Å². The Bertz CT molecular complexity index is 669. The lowest BCUT2D eigenvalue weighted by molar-refractivity contribution is -0.128. The van der Waals surface area contributed by atoms with E-state index in [0.29, 0.717) is 36.9 Å². The molecule has 1 aromatic rings. The highest BCUT2D eigenvalue weighted by Crippen LogP contribution is 2.34. The molecular weight excluding hydrogens is 346 g/mol. The summed E-state index contributed by atoms with van der Waals surface area (Å²) in [4.78, 5) is 26.8. The molecule has 1 fully saturated rings. The Morgan fingerprint density at radius 1 is 1.00 bits per heavy atom. The number of nitrogens with one attached hydrogen (secondary N) is 2. The molecule has 0 atom stereocenters. The fourth-order valence-electron chi connectivity index (χ4n) is 3.53. The summed E-state index contributed by atoms with van der Waals surface area (Å²) in [5.74, 6) is 1.47. The summed E-state index contributed by atoms with van der Waals surface area (Å²) in [5, 5.41) is 5.96. The Balaban J connectivity index is 1.45. The highest BCUT2D eigenvalue weighted by atomic mass is 16.6. The summed E-state index contributed by atoms with van der Waals surface area (Å²) in [5.41, 5.74) is 0.716. The van der Waals surface area contributed by atoms with Gasteiger partial charge in [0.2, 0.25) is 11.8 Å². The number of carbonyl (C=O) groups is 2. The summed E-state index contributed by atoms with van der Waals surface area (Å²) in [6.07, 6.45) is 2.99. The van der Waals surface area contributed by atoms with E-state index < -0.39 is 0 Å². The zero-order chi connectivity index (χ0) is 19.2. The number of carbonyl (C=O) groups excluding carboxylic acids is 2. The summed E-state index contributed by atoms with van der Waals surface area (Å²) >= 11 is 0. The van der Waals surface area contributed by atoms with Crippen LogP contribution in [0.3, 0.4) is 0 Å². The van der Waals surface area contributed by atoms with Crippen LogP contribution in [0.15, 0.2) is 18.2 Å². The number of ether oxygens (including phenoxy) is 2. The predicted octanol–water partition coefficient (Wildman–Crippen LogP) is 1.88. The average Bonchev–Trinajstić information content (AvgIpc) is 2.67. The molecule has 2 aliphatic rings. The normalized spacial score (nSPS) is 21.6. The highest BCUT2D eigenvalue weighted by molar-refractivity contribution is 5.93. The lowest BCUT2D eigenvalue weighted by Crippen LogP contribution is -2.38. The number of nitrogens with zero attached hydrogens (tertiary/aromatic N) is 1.